The molecule has 2 rings (SSSR count). The number of aryl methyl sites for hydroxylation is 1. The van der Waals surface area contributed by atoms with Crippen LogP contribution in [0.4, 0.5) is 0 Å². The van der Waals surface area contributed by atoms with Crippen molar-refractivity contribution in [3.05, 3.63) is 34.9 Å². The number of alkyl halides is 2. The topological polar surface area (TPSA) is 38.3 Å². The first-order valence-electron chi connectivity index (χ1n) is 5.78. The van der Waals surface area contributed by atoms with Crippen molar-refractivity contribution in [2.24, 2.45) is 0 Å². The molecule has 0 saturated carbocycles. The molecule has 1 aromatic carbocycles. The molecule has 0 spiro atoms. The molecule has 0 aromatic heterocycles. The van der Waals surface area contributed by atoms with Crippen molar-refractivity contribution in [3.8, 4) is 0 Å². The van der Waals surface area contributed by atoms with Gasteiger partial charge in [-0.2, -0.15) is 0 Å². The first-order chi connectivity index (χ1) is 8.44. The monoisotopic (exact) mass is 287 g/mol. The number of rotatable bonds is 3. The van der Waals surface area contributed by atoms with E-state index in [-0.39, 0.29) is 5.78 Å². The summed E-state index contributed by atoms with van der Waals surface area (Å²) in [6, 6.07) is 5.57. The lowest BCUT2D eigenvalue weighted by Crippen LogP contribution is -2.41. The zero-order chi connectivity index (χ0) is 13.3. The quantitative estimate of drug-likeness (QED) is 0.868. The highest BCUT2D eigenvalue weighted by Gasteiger charge is 2.42. The second kappa shape index (κ2) is 5.17. The van der Waals surface area contributed by atoms with E-state index in [2.05, 4.69) is 5.32 Å². The molecule has 98 valence electrons. The summed E-state index contributed by atoms with van der Waals surface area (Å²) in [7, 11) is 0. The van der Waals surface area contributed by atoms with Crippen molar-refractivity contribution in [3.63, 3.8) is 0 Å². The fourth-order valence-electron chi connectivity index (χ4n) is 1.98. The molecule has 1 aromatic rings. The standard InChI is InChI=1S/C13H15Cl2NO2/c1-8-4-3-5-10(9(8)2)13(14,15)11(17)12-16-6-7-18-12/h3-5,12,16H,6-7H2,1-2H3. The molecule has 1 fully saturated rings. The molecule has 3 nitrogen and oxygen atoms in total. The van der Waals surface area contributed by atoms with E-state index in [0.29, 0.717) is 18.7 Å². The van der Waals surface area contributed by atoms with Gasteiger partial charge in [0.25, 0.3) is 0 Å². The molecule has 1 heterocycles. The number of ketones is 1. The molecule has 5 heteroatoms. The lowest BCUT2D eigenvalue weighted by Gasteiger charge is -2.24. The van der Waals surface area contributed by atoms with Crippen LogP contribution in [0.5, 0.6) is 0 Å². The van der Waals surface area contributed by atoms with Gasteiger partial charge < -0.3 is 4.74 Å². The molecule has 1 N–H and O–H groups in total. The summed E-state index contributed by atoms with van der Waals surface area (Å²) in [4.78, 5) is 12.3. The Morgan fingerprint density at radius 2 is 2.17 bits per heavy atom. The van der Waals surface area contributed by atoms with Gasteiger partial charge in [0.1, 0.15) is 0 Å². The third kappa shape index (κ3) is 2.41. The average Bonchev–Trinajstić information content (AvgIpc) is 2.85. The van der Waals surface area contributed by atoms with Crippen molar-refractivity contribution in [2.45, 2.75) is 24.4 Å². The van der Waals surface area contributed by atoms with Crippen molar-refractivity contribution in [2.75, 3.05) is 13.2 Å². The van der Waals surface area contributed by atoms with Gasteiger partial charge in [-0.1, -0.05) is 41.4 Å². The van der Waals surface area contributed by atoms with E-state index in [1.807, 2.05) is 26.0 Å². The Balaban J connectivity index is 2.34. The molecular formula is C13H15Cl2NO2. The van der Waals surface area contributed by atoms with Crippen LogP contribution in [0, 0.1) is 13.8 Å². The molecule has 0 bridgehead atoms. The van der Waals surface area contributed by atoms with Crippen LogP contribution in [-0.4, -0.2) is 25.2 Å². The van der Waals surface area contributed by atoms with Gasteiger partial charge in [-0.15, -0.1) is 0 Å². The Bertz CT molecular complexity index is 468. The molecule has 0 amide bonds. The van der Waals surface area contributed by atoms with Crippen LogP contribution >= 0.6 is 23.2 Å². The molecule has 1 aliphatic rings. The van der Waals surface area contributed by atoms with Gasteiger partial charge in [-0.3, -0.25) is 10.1 Å². The lowest BCUT2D eigenvalue weighted by atomic mass is 9.98. The van der Waals surface area contributed by atoms with Crippen molar-refractivity contribution >= 4 is 29.0 Å². The molecule has 1 atom stereocenters. The Hall–Kier alpha value is -0.610. The summed E-state index contributed by atoms with van der Waals surface area (Å²) in [6.45, 7) is 4.98. The largest absolute Gasteiger partial charge is 0.354 e. The maximum atomic E-state index is 12.3. The minimum atomic E-state index is -1.59. The fourth-order valence-corrected chi connectivity index (χ4v) is 2.59. The number of carbonyl (C=O) groups excluding carboxylic acids is 1. The van der Waals surface area contributed by atoms with E-state index in [9.17, 15) is 4.79 Å². The number of Topliss-reactive ketones (excluding diaryl/α,β-unsaturated/α-hetero) is 1. The van der Waals surface area contributed by atoms with E-state index in [1.165, 1.54) is 0 Å². The zero-order valence-corrected chi connectivity index (χ0v) is 11.8. The van der Waals surface area contributed by atoms with Gasteiger partial charge in [0, 0.05) is 6.54 Å². The second-order valence-corrected chi connectivity index (χ2v) is 5.72. The second-order valence-electron chi connectivity index (χ2n) is 4.39. The summed E-state index contributed by atoms with van der Waals surface area (Å²) in [5.74, 6) is -0.364. The van der Waals surface area contributed by atoms with Crippen LogP contribution in [0.1, 0.15) is 16.7 Å². The van der Waals surface area contributed by atoms with Gasteiger partial charge in [-0.05, 0) is 30.5 Å². The summed E-state index contributed by atoms with van der Waals surface area (Å²) in [6.07, 6.45) is -0.722. The SMILES string of the molecule is Cc1cccc(C(Cl)(Cl)C(=O)C2NCCO2)c1C. The van der Waals surface area contributed by atoms with Gasteiger partial charge >= 0.3 is 0 Å². The number of hydrogen-bond acceptors (Lipinski definition) is 3. The number of ether oxygens (including phenoxy) is 1. The lowest BCUT2D eigenvalue weighted by molar-refractivity contribution is -0.129. The molecule has 1 aliphatic heterocycles. The molecule has 0 radical (unpaired) electrons. The summed E-state index contributed by atoms with van der Waals surface area (Å²) in [5.41, 5.74) is 2.59. The predicted molar refractivity (Wildman–Crippen MR) is 72.0 cm³/mol. The molecule has 1 unspecified atom stereocenters. The van der Waals surface area contributed by atoms with E-state index in [1.54, 1.807) is 6.07 Å². The Labute approximate surface area is 116 Å². The predicted octanol–water partition coefficient (Wildman–Crippen LogP) is 2.45. The van der Waals surface area contributed by atoms with Crippen molar-refractivity contribution < 1.29 is 9.53 Å². The minimum Gasteiger partial charge on any atom is -0.354 e. The van der Waals surface area contributed by atoms with E-state index in [0.717, 1.165) is 11.1 Å². The van der Waals surface area contributed by atoms with Crippen LogP contribution in [0.2, 0.25) is 0 Å². The molecule has 1 saturated heterocycles. The van der Waals surface area contributed by atoms with Gasteiger partial charge in [0.2, 0.25) is 10.1 Å². The van der Waals surface area contributed by atoms with E-state index in [4.69, 9.17) is 27.9 Å². The van der Waals surface area contributed by atoms with Crippen LogP contribution in [-0.2, 0) is 13.9 Å². The maximum absolute atomic E-state index is 12.3. The highest BCUT2D eigenvalue weighted by Crippen LogP contribution is 2.38. The van der Waals surface area contributed by atoms with Crippen LogP contribution in [0.15, 0.2) is 18.2 Å². The third-order valence-electron chi connectivity index (χ3n) is 3.21. The van der Waals surface area contributed by atoms with E-state index >= 15 is 0 Å². The smallest absolute Gasteiger partial charge is 0.216 e. The van der Waals surface area contributed by atoms with Gasteiger partial charge in [-0.25, -0.2) is 0 Å². The summed E-state index contributed by atoms with van der Waals surface area (Å²) in [5, 5.41) is 2.93. The normalized spacial score (nSPS) is 20.1. The number of nitrogens with one attached hydrogen (secondary N) is 1. The minimum absolute atomic E-state index is 0.364. The molecule has 18 heavy (non-hydrogen) atoms. The fraction of sp³-hybridized carbons (Fsp3) is 0.462. The number of halogens is 2. The van der Waals surface area contributed by atoms with Crippen molar-refractivity contribution in [1.82, 2.24) is 5.32 Å². The summed E-state index contributed by atoms with van der Waals surface area (Å²) < 4.78 is 3.68. The third-order valence-corrected chi connectivity index (χ3v) is 3.99. The zero-order valence-electron chi connectivity index (χ0n) is 10.3. The Morgan fingerprint density at radius 3 is 2.78 bits per heavy atom. The van der Waals surface area contributed by atoms with Crippen LogP contribution < -0.4 is 5.32 Å². The van der Waals surface area contributed by atoms with Gasteiger partial charge in [0.05, 0.1) is 6.61 Å². The first kappa shape index (κ1) is 13.8. The Morgan fingerprint density at radius 1 is 1.44 bits per heavy atom. The molecule has 0 aliphatic carbocycles. The van der Waals surface area contributed by atoms with E-state index < -0.39 is 10.6 Å². The number of carbonyl (C=O) groups is 1. The first-order valence-corrected chi connectivity index (χ1v) is 6.54. The van der Waals surface area contributed by atoms with Crippen LogP contribution in [0.3, 0.4) is 0 Å². The number of benzene rings is 1. The average molecular weight is 288 g/mol. The van der Waals surface area contributed by atoms with Crippen molar-refractivity contribution in [1.29, 1.82) is 0 Å². The Kier molecular flexibility index (Phi) is 3.97. The molecular weight excluding hydrogens is 273 g/mol. The van der Waals surface area contributed by atoms with Crippen LogP contribution in [0.25, 0.3) is 0 Å². The van der Waals surface area contributed by atoms with Gasteiger partial charge in [0.15, 0.2) is 6.23 Å². The maximum Gasteiger partial charge on any atom is 0.216 e. The number of hydrogen-bond donors (Lipinski definition) is 1. The highest BCUT2D eigenvalue weighted by atomic mass is 35.5. The highest BCUT2D eigenvalue weighted by molar-refractivity contribution is 6.58. The summed E-state index contributed by atoms with van der Waals surface area (Å²) >= 11 is 12.5.